The predicted octanol–water partition coefficient (Wildman–Crippen LogP) is 1.58. The topological polar surface area (TPSA) is 49.3 Å². The van der Waals surface area contributed by atoms with E-state index in [0.717, 1.165) is 50.3 Å². The van der Waals surface area contributed by atoms with Crippen LogP contribution in [0.15, 0.2) is 0 Å². The van der Waals surface area contributed by atoms with Crippen LogP contribution in [0.3, 0.4) is 0 Å². The minimum Gasteiger partial charge on any atom is -0.481 e. The Labute approximate surface area is 95.0 Å². The van der Waals surface area contributed by atoms with E-state index in [4.69, 9.17) is 0 Å². The van der Waals surface area contributed by atoms with Crippen LogP contribution in [0.1, 0.15) is 25.7 Å². The number of carboxylic acids is 1. The quantitative estimate of drug-likeness (QED) is 0.755. The van der Waals surface area contributed by atoms with Crippen molar-refractivity contribution in [2.75, 3.05) is 24.6 Å². The number of rotatable bonds is 2. The average molecular weight is 229 g/mol. The third-order valence-corrected chi connectivity index (χ3v) is 4.92. The molecule has 0 aromatic carbocycles. The molecule has 2 fully saturated rings. The number of carbonyl (C=O) groups is 1. The summed E-state index contributed by atoms with van der Waals surface area (Å²) in [5.41, 5.74) is -0.395. The molecule has 2 N–H and O–H groups in total. The summed E-state index contributed by atoms with van der Waals surface area (Å²) in [5, 5.41) is 12.8. The van der Waals surface area contributed by atoms with Crippen molar-refractivity contribution in [2.24, 2.45) is 11.3 Å². The summed E-state index contributed by atoms with van der Waals surface area (Å²) in [6, 6.07) is 0. The minimum atomic E-state index is -0.547. The smallest absolute Gasteiger partial charge is 0.309 e. The molecule has 15 heavy (non-hydrogen) atoms. The van der Waals surface area contributed by atoms with Crippen molar-refractivity contribution in [3.8, 4) is 0 Å². The molecule has 2 rings (SSSR count). The molecule has 2 aliphatic heterocycles. The van der Waals surface area contributed by atoms with Crippen molar-refractivity contribution in [2.45, 2.75) is 25.7 Å². The number of aliphatic carboxylic acids is 1. The number of nitrogens with one attached hydrogen (secondary N) is 1. The minimum absolute atomic E-state index is 0.395. The Morgan fingerprint density at radius 1 is 1.27 bits per heavy atom. The number of piperidine rings is 1. The molecule has 4 heteroatoms. The van der Waals surface area contributed by atoms with Crippen LogP contribution < -0.4 is 5.32 Å². The SMILES string of the molecule is O=C(O)C1(C2CCNCC2)CCSCC1. The van der Waals surface area contributed by atoms with Gasteiger partial charge in [0, 0.05) is 0 Å². The fourth-order valence-corrected chi connectivity index (χ4v) is 4.13. The van der Waals surface area contributed by atoms with E-state index in [9.17, 15) is 9.90 Å². The van der Waals surface area contributed by atoms with Crippen molar-refractivity contribution >= 4 is 17.7 Å². The molecule has 0 spiro atoms. The maximum absolute atomic E-state index is 11.5. The van der Waals surface area contributed by atoms with Gasteiger partial charge in [-0.05, 0) is 56.2 Å². The van der Waals surface area contributed by atoms with E-state index < -0.39 is 11.4 Å². The van der Waals surface area contributed by atoms with Gasteiger partial charge in [-0.25, -0.2) is 0 Å². The van der Waals surface area contributed by atoms with Crippen LogP contribution in [0.25, 0.3) is 0 Å². The molecule has 0 bridgehead atoms. The second kappa shape index (κ2) is 4.74. The lowest BCUT2D eigenvalue weighted by Gasteiger charge is -2.41. The molecular formula is C11H19NO2S. The Bertz CT molecular complexity index is 233. The molecule has 0 radical (unpaired) electrons. The summed E-state index contributed by atoms with van der Waals surface area (Å²) >= 11 is 1.90. The molecule has 0 saturated carbocycles. The highest BCUT2D eigenvalue weighted by atomic mass is 32.2. The van der Waals surface area contributed by atoms with Gasteiger partial charge < -0.3 is 10.4 Å². The molecule has 0 atom stereocenters. The Kier molecular flexibility index (Phi) is 3.57. The summed E-state index contributed by atoms with van der Waals surface area (Å²) in [5.74, 6) is 1.90. The fraction of sp³-hybridized carbons (Fsp3) is 0.909. The van der Waals surface area contributed by atoms with Crippen molar-refractivity contribution < 1.29 is 9.90 Å². The monoisotopic (exact) mass is 229 g/mol. The van der Waals surface area contributed by atoms with Gasteiger partial charge in [0.1, 0.15) is 0 Å². The van der Waals surface area contributed by atoms with Gasteiger partial charge in [0.15, 0.2) is 0 Å². The first kappa shape index (κ1) is 11.3. The second-order valence-corrected chi connectivity index (χ2v) is 5.82. The van der Waals surface area contributed by atoms with E-state index in [1.807, 2.05) is 11.8 Å². The van der Waals surface area contributed by atoms with Crippen LogP contribution in [-0.2, 0) is 4.79 Å². The van der Waals surface area contributed by atoms with Crippen molar-refractivity contribution in [1.29, 1.82) is 0 Å². The zero-order valence-corrected chi connectivity index (χ0v) is 9.81. The Morgan fingerprint density at radius 3 is 2.40 bits per heavy atom. The Balaban J connectivity index is 2.12. The van der Waals surface area contributed by atoms with Crippen LogP contribution in [0.4, 0.5) is 0 Å². The van der Waals surface area contributed by atoms with Crippen LogP contribution >= 0.6 is 11.8 Å². The number of hydrogen-bond donors (Lipinski definition) is 2. The van der Waals surface area contributed by atoms with Gasteiger partial charge in [-0.2, -0.15) is 11.8 Å². The fourth-order valence-electron chi connectivity index (χ4n) is 2.91. The molecular weight excluding hydrogens is 210 g/mol. The van der Waals surface area contributed by atoms with E-state index in [1.54, 1.807) is 0 Å². The molecule has 0 aromatic heterocycles. The zero-order valence-electron chi connectivity index (χ0n) is 9.00. The van der Waals surface area contributed by atoms with Crippen molar-refractivity contribution in [3.63, 3.8) is 0 Å². The first-order valence-electron chi connectivity index (χ1n) is 5.77. The lowest BCUT2D eigenvalue weighted by atomic mass is 9.67. The highest BCUT2D eigenvalue weighted by molar-refractivity contribution is 7.99. The molecule has 0 amide bonds. The summed E-state index contributed by atoms with van der Waals surface area (Å²) in [6.45, 7) is 1.99. The Morgan fingerprint density at radius 2 is 1.87 bits per heavy atom. The van der Waals surface area contributed by atoms with E-state index in [1.165, 1.54) is 0 Å². The summed E-state index contributed by atoms with van der Waals surface area (Å²) < 4.78 is 0. The van der Waals surface area contributed by atoms with Gasteiger partial charge in [0.05, 0.1) is 5.41 Å². The first-order valence-corrected chi connectivity index (χ1v) is 6.93. The predicted molar refractivity (Wildman–Crippen MR) is 62.2 cm³/mol. The van der Waals surface area contributed by atoms with Crippen LogP contribution in [0, 0.1) is 11.3 Å². The lowest BCUT2D eigenvalue weighted by Crippen LogP contribution is -2.46. The lowest BCUT2D eigenvalue weighted by molar-refractivity contribution is -0.154. The molecule has 2 saturated heterocycles. The first-order chi connectivity index (χ1) is 7.26. The number of thioether (sulfide) groups is 1. The number of carboxylic acid groups (broad SMARTS) is 1. The third kappa shape index (κ3) is 2.16. The van der Waals surface area contributed by atoms with E-state index in [2.05, 4.69) is 5.32 Å². The van der Waals surface area contributed by atoms with E-state index in [-0.39, 0.29) is 0 Å². The molecule has 3 nitrogen and oxygen atoms in total. The standard InChI is InChI=1S/C11H19NO2S/c13-10(14)11(3-7-15-8-4-11)9-1-5-12-6-2-9/h9,12H,1-8H2,(H,13,14). The second-order valence-electron chi connectivity index (χ2n) is 4.60. The molecule has 0 aliphatic carbocycles. The van der Waals surface area contributed by atoms with Crippen molar-refractivity contribution in [1.82, 2.24) is 5.32 Å². The molecule has 0 aromatic rings. The largest absolute Gasteiger partial charge is 0.481 e. The highest BCUT2D eigenvalue weighted by Gasteiger charge is 2.46. The van der Waals surface area contributed by atoms with Crippen LogP contribution in [0.5, 0.6) is 0 Å². The molecule has 2 heterocycles. The summed E-state index contributed by atoms with van der Waals surface area (Å²) in [4.78, 5) is 11.5. The van der Waals surface area contributed by atoms with Crippen molar-refractivity contribution in [3.05, 3.63) is 0 Å². The van der Waals surface area contributed by atoms with Gasteiger partial charge in [0.25, 0.3) is 0 Å². The Hall–Kier alpha value is -0.220. The van der Waals surface area contributed by atoms with Gasteiger partial charge in [-0.3, -0.25) is 4.79 Å². The summed E-state index contributed by atoms with van der Waals surface area (Å²) in [6.07, 6.45) is 3.82. The van der Waals surface area contributed by atoms with Gasteiger partial charge in [0.2, 0.25) is 0 Å². The molecule has 86 valence electrons. The summed E-state index contributed by atoms with van der Waals surface area (Å²) in [7, 11) is 0. The average Bonchev–Trinajstić information content (AvgIpc) is 2.31. The van der Waals surface area contributed by atoms with E-state index >= 15 is 0 Å². The molecule has 0 unspecified atom stereocenters. The normalized spacial score (nSPS) is 27.5. The van der Waals surface area contributed by atoms with Gasteiger partial charge >= 0.3 is 5.97 Å². The third-order valence-electron chi connectivity index (χ3n) is 3.93. The van der Waals surface area contributed by atoms with Crippen LogP contribution in [-0.4, -0.2) is 35.7 Å². The highest BCUT2D eigenvalue weighted by Crippen LogP contribution is 2.45. The van der Waals surface area contributed by atoms with Gasteiger partial charge in [-0.1, -0.05) is 0 Å². The van der Waals surface area contributed by atoms with Gasteiger partial charge in [-0.15, -0.1) is 0 Å². The van der Waals surface area contributed by atoms with E-state index in [0.29, 0.717) is 5.92 Å². The van der Waals surface area contributed by atoms with Crippen LogP contribution in [0.2, 0.25) is 0 Å². The maximum Gasteiger partial charge on any atom is 0.309 e. The zero-order chi connectivity index (χ0) is 10.7. The number of hydrogen-bond acceptors (Lipinski definition) is 3. The molecule has 2 aliphatic rings. The maximum atomic E-state index is 11.5.